The number of aromatic nitrogens is 2. The van der Waals surface area contributed by atoms with Gasteiger partial charge in [0.2, 0.25) is 0 Å². The fraction of sp³-hybridized carbons (Fsp3) is 0.571. The van der Waals surface area contributed by atoms with Gasteiger partial charge in [0.15, 0.2) is 0 Å². The Kier molecular flexibility index (Phi) is 1.87. The largest absolute Gasteiger partial charge is 0.378 e. The average molecular weight is 153 g/mol. The van der Waals surface area contributed by atoms with Gasteiger partial charge in [-0.25, -0.2) is 4.98 Å². The molecule has 60 valence electrons. The summed E-state index contributed by atoms with van der Waals surface area (Å²) >= 11 is 0. The van der Waals surface area contributed by atoms with E-state index in [0.717, 1.165) is 19.0 Å². The average Bonchev–Trinajstić information content (AvgIpc) is 2.58. The molecular weight excluding hydrogens is 142 g/mol. The maximum absolute atomic E-state index is 5.28. The standard InChI is InChI=1S/C7H11N3O/c1-2-10-7(9-1)6-5-11-4-3-8-6/h1-2,6,8H,3-5H2,(H,9,10). The van der Waals surface area contributed by atoms with Gasteiger partial charge in [0.1, 0.15) is 5.82 Å². The topological polar surface area (TPSA) is 49.9 Å². The van der Waals surface area contributed by atoms with Gasteiger partial charge in [0.05, 0.1) is 19.3 Å². The zero-order valence-corrected chi connectivity index (χ0v) is 6.21. The Balaban J connectivity index is 2.04. The molecule has 0 amide bonds. The van der Waals surface area contributed by atoms with Gasteiger partial charge < -0.3 is 15.0 Å². The molecule has 1 aromatic rings. The number of H-pyrrole nitrogens is 1. The molecule has 0 aromatic carbocycles. The highest BCUT2D eigenvalue weighted by Gasteiger charge is 2.16. The molecule has 0 spiro atoms. The summed E-state index contributed by atoms with van der Waals surface area (Å²) in [4.78, 5) is 7.20. The minimum absolute atomic E-state index is 0.249. The number of nitrogens with zero attached hydrogens (tertiary/aromatic N) is 1. The summed E-state index contributed by atoms with van der Waals surface area (Å²) in [6.45, 7) is 2.43. The van der Waals surface area contributed by atoms with E-state index < -0.39 is 0 Å². The van der Waals surface area contributed by atoms with Gasteiger partial charge in [-0.1, -0.05) is 0 Å². The first-order valence-corrected chi connectivity index (χ1v) is 3.77. The van der Waals surface area contributed by atoms with E-state index in [1.54, 1.807) is 6.20 Å². The van der Waals surface area contributed by atoms with Crippen LogP contribution < -0.4 is 5.32 Å². The van der Waals surface area contributed by atoms with Crippen molar-refractivity contribution < 1.29 is 4.74 Å². The molecule has 1 saturated heterocycles. The normalized spacial score (nSPS) is 25.3. The maximum atomic E-state index is 5.28. The van der Waals surface area contributed by atoms with E-state index in [-0.39, 0.29) is 6.04 Å². The van der Waals surface area contributed by atoms with E-state index in [1.807, 2.05) is 6.20 Å². The number of hydrogen-bond donors (Lipinski definition) is 2. The van der Waals surface area contributed by atoms with E-state index in [4.69, 9.17) is 4.74 Å². The van der Waals surface area contributed by atoms with Crippen molar-refractivity contribution in [3.8, 4) is 0 Å². The molecule has 2 heterocycles. The Morgan fingerprint density at radius 3 is 3.27 bits per heavy atom. The molecule has 11 heavy (non-hydrogen) atoms. The summed E-state index contributed by atoms with van der Waals surface area (Å²) in [6, 6.07) is 0.249. The van der Waals surface area contributed by atoms with Crippen LogP contribution in [0.3, 0.4) is 0 Å². The fourth-order valence-corrected chi connectivity index (χ4v) is 1.21. The van der Waals surface area contributed by atoms with E-state index in [2.05, 4.69) is 15.3 Å². The van der Waals surface area contributed by atoms with Crippen LogP contribution in [0.1, 0.15) is 11.9 Å². The monoisotopic (exact) mass is 153 g/mol. The van der Waals surface area contributed by atoms with E-state index >= 15 is 0 Å². The molecule has 2 rings (SSSR count). The van der Waals surface area contributed by atoms with E-state index in [0.29, 0.717) is 6.61 Å². The molecule has 1 fully saturated rings. The highest BCUT2D eigenvalue weighted by atomic mass is 16.5. The van der Waals surface area contributed by atoms with Crippen molar-refractivity contribution in [2.45, 2.75) is 6.04 Å². The Labute approximate surface area is 65.0 Å². The SMILES string of the molecule is c1c[nH]c(C2COCCN2)n1. The third-order valence-corrected chi connectivity index (χ3v) is 1.77. The first kappa shape index (κ1) is 6.82. The Bertz CT molecular complexity index is 203. The molecule has 1 aliphatic heterocycles. The lowest BCUT2D eigenvalue weighted by Gasteiger charge is -2.21. The first-order valence-electron chi connectivity index (χ1n) is 3.77. The summed E-state index contributed by atoms with van der Waals surface area (Å²) in [6.07, 6.45) is 3.58. The van der Waals surface area contributed by atoms with Crippen LogP contribution in [0.4, 0.5) is 0 Å². The van der Waals surface area contributed by atoms with Gasteiger partial charge in [-0.15, -0.1) is 0 Å². The smallest absolute Gasteiger partial charge is 0.125 e. The van der Waals surface area contributed by atoms with Crippen LogP contribution >= 0.6 is 0 Å². The van der Waals surface area contributed by atoms with Gasteiger partial charge in [-0.2, -0.15) is 0 Å². The highest BCUT2D eigenvalue weighted by Crippen LogP contribution is 2.09. The summed E-state index contributed by atoms with van der Waals surface area (Å²) in [7, 11) is 0. The van der Waals surface area contributed by atoms with Crippen LogP contribution in [0.5, 0.6) is 0 Å². The fourth-order valence-electron chi connectivity index (χ4n) is 1.21. The Morgan fingerprint density at radius 2 is 2.64 bits per heavy atom. The van der Waals surface area contributed by atoms with Crippen molar-refractivity contribution in [3.63, 3.8) is 0 Å². The number of imidazole rings is 1. The van der Waals surface area contributed by atoms with Crippen molar-refractivity contribution in [2.75, 3.05) is 19.8 Å². The molecule has 4 heteroatoms. The summed E-state index contributed by atoms with van der Waals surface area (Å²) in [5.74, 6) is 0.963. The zero-order valence-electron chi connectivity index (χ0n) is 6.21. The molecule has 1 atom stereocenters. The number of ether oxygens (including phenoxy) is 1. The van der Waals surface area contributed by atoms with Crippen molar-refractivity contribution in [2.24, 2.45) is 0 Å². The molecule has 1 aromatic heterocycles. The maximum Gasteiger partial charge on any atom is 0.125 e. The lowest BCUT2D eigenvalue weighted by molar-refractivity contribution is 0.0745. The van der Waals surface area contributed by atoms with Crippen molar-refractivity contribution >= 4 is 0 Å². The number of rotatable bonds is 1. The second-order valence-corrected chi connectivity index (χ2v) is 2.56. The molecule has 0 bridgehead atoms. The predicted octanol–water partition coefficient (Wildman–Crippen LogP) is 0.0706. The number of hydrogen-bond acceptors (Lipinski definition) is 3. The quantitative estimate of drug-likeness (QED) is 0.600. The summed E-state index contributed by atoms with van der Waals surface area (Å²) < 4.78 is 5.28. The van der Waals surface area contributed by atoms with Crippen molar-refractivity contribution in [1.82, 2.24) is 15.3 Å². The predicted molar refractivity (Wildman–Crippen MR) is 40.2 cm³/mol. The van der Waals surface area contributed by atoms with Crippen molar-refractivity contribution in [1.29, 1.82) is 0 Å². The number of morpholine rings is 1. The molecule has 0 aliphatic carbocycles. The zero-order chi connectivity index (χ0) is 7.52. The van der Waals surface area contributed by atoms with Gasteiger partial charge in [0, 0.05) is 18.9 Å². The van der Waals surface area contributed by atoms with Gasteiger partial charge >= 0.3 is 0 Å². The second-order valence-electron chi connectivity index (χ2n) is 2.56. The number of aromatic amines is 1. The first-order chi connectivity index (χ1) is 5.47. The van der Waals surface area contributed by atoms with Crippen LogP contribution in [0, 0.1) is 0 Å². The van der Waals surface area contributed by atoms with Crippen LogP contribution in [0.2, 0.25) is 0 Å². The van der Waals surface area contributed by atoms with E-state index in [1.165, 1.54) is 0 Å². The van der Waals surface area contributed by atoms with Crippen LogP contribution in [-0.2, 0) is 4.74 Å². The van der Waals surface area contributed by atoms with E-state index in [9.17, 15) is 0 Å². The molecule has 0 radical (unpaired) electrons. The molecule has 1 aliphatic rings. The lowest BCUT2D eigenvalue weighted by Crippen LogP contribution is -2.35. The summed E-state index contributed by atoms with van der Waals surface area (Å²) in [5.41, 5.74) is 0. The number of nitrogens with one attached hydrogen (secondary N) is 2. The lowest BCUT2D eigenvalue weighted by atomic mass is 10.3. The van der Waals surface area contributed by atoms with Gasteiger partial charge in [-0.3, -0.25) is 0 Å². The Hall–Kier alpha value is -0.870. The molecule has 2 N–H and O–H groups in total. The molecule has 0 saturated carbocycles. The Morgan fingerprint density at radius 1 is 1.64 bits per heavy atom. The second kappa shape index (κ2) is 3.02. The third kappa shape index (κ3) is 1.41. The van der Waals surface area contributed by atoms with Crippen LogP contribution in [0.15, 0.2) is 12.4 Å². The summed E-state index contributed by atoms with van der Waals surface area (Å²) in [5, 5.41) is 3.30. The third-order valence-electron chi connectivity index (χ3n) is 1.77. The van der Waals surface area contributed by atoms with Crippen molar-refractivity contribution in [3.05, 3.63) is 18.2 Å². The van der Waals surface area contributed by atoms with Crippen LogP contribution in [0.25, 0.3) is 0 Å². The minimum Gasteiger partial charge on any atom is -0.378 e. The van der Waals surface area contributed by atoms with Gasteiger partial charge in [0.25, 0.3) is 0 Å². The molecule has 1 unspecified atom stereocenters. The van der Waals surface area contributed by atoms with Gasteiger partial charge in [-0.05, 0) is 0 Å². The molecule has 4 nitrogen and oxygen atoms in total. The van der Waals surface area contributed by atoms with Crippen LogP contribution in [-0.4, -0.2) is 29.7 Å². The highest BCUT2D eigenvalue weighted by molar-refractivity contribution is 4.96. The molecular formula is C7H11N3O. The minimum atomic E-state index is 0.249.